The molecule has 5 atom stereocenters. The van der Waals surface area contributed by atoms with Crippen LogP contribution in [0.1, 0.15) is 39.0 Å². The number of nitrogens with zero attached hydrogens (tertiary/aromatic N) is 6. The molecule has 13 nitrogen and oxygen atoms in total. The van der Waals surface area contributed by atoms with E-state index in [9.17, 15) is 4.79 Å². The molecule has 3 saturated heterocycles. The number of amides is 1. The molecule has 1 aromatic carbocycles. The van der Waals surface area contributed by atoms with Gasteiger partial charge in [-0.15, -0.1) is 0 Å². The number of anilines is 1. The molecule has 6 heterocycles. The summed E-state index contributed by atoms with van der Waals surface area (Å²) < 4.78 is 27.7. The normalized spacial score (nSPS) is 26.5. The second-order valence-electron chi connectivity index (χ2n) is 11.3. The zero-order valence-electron chi connectivity index (χ0n) is 24.0. The highest BCUT2D eigenvalue weighted by Crippen LogP contribution is 2.44. The van der Waals surface area contributed by atoms with Crippen molar-refractivity contribution in [3.8, 4) is 17.1 Å². The van der Waals surface area contributed by atoms with Crippen molar-refractivity contribution in [2.24, 2.45) is 0 Å². The SMILES string of the molecule is CCNC(=O)[C@H]1O[C@@H](n2cnc3c(NC4CCOC4)nc(-n4cc(-c5ccc(C)cc5)cn4)nc32)[C@@H]2OC(C)(C)O[C@@H]21. The molecule has 1 unspecified atom stereocenters. The maximum Gasteiger partial charge on any atom is 0.254 e. The Labute approximate surface area is 242 Å². The Morgan fingerprint density at radius 2 is 1.93 bits per heavy atom. The molecule has 0 bridgehead atoms. The molecule has 3 aliphatic heterocycles. The van der Waals surface area contributed by atoms with E-state index in [4.69, 9.17) is 28.9 Å². The number of carbonyl (C=O) groups is 1. The summed E-state index contributed by atoms with van der Waals surface area (Å²) in [6, 6.07) is 8.35. The number of nitrogens with one attached hydrogen (secondary N) is 2. The number of carbonyl (C=O) groups excluding carboxylic acids is 1. The van der Waals surface area contributed by atoms with Gasteiger partial charge in [0, 0.05) is 24.9 Å². The Balaban J connectivity index is 1.30. The summed E-state index contributed by atoms with van der Waals surface area (Å²) in [5.41, 5.74) is 4.25. The number of hydrogen-bond acceptors (Lipinski definition) is 10. The first-order valence-corrected chi connectivity index (χ1v) is 14.3. The predicted octanol–water partition coefficient (Wildman–Crippen LogP) is 2.74. The van der Waals surface area contributed by atoms with Crippen LogP contribution >= 0.6 is 0 Å². The number of aromatic nitrogens is 6. The lowest BCUT2D eigenvalue weighted by Crippen LogP contribution is -2.42. The molecule has 7 rings (SSSR count). The molecule has 3 fully saturated rings. The van der Waals surface area contributed by atoms with Crippen molar-refractivity contribution in [3.05, 3.63) is 48.5 Å². The molecule has 0 aliphatic carbocycles. The zero-order valence-corrected chi connectivity index (χ0v) is 24.0. The molecule has 0 saturated carbocycles. The van der Waals surface area contributed by atoms with Gasteiger partial charge < -0.3 is 29.6 Å². The van der Waals surface area contributed by atoms with E-state index in [1.165, 1.54) is 5.56 Å². The first-order chi connectivity index (χ1) is 20.3. The lowest BCUT2D eigenvalue weighted by molar-refractivity contribution is -0.197. The number of hydrogen-bond donors (Lipinski definition) is 2. The van der Waals surface area contributed by atoms with E-state index in [1.54, 1.807) is 21.8 Å². The van der Waals surface area contributed by atoms with Crippen LogP contribution in [-0.4, -0.2) is 85.1 Å². The van der Waals surface area contributed by atoms with Crippen LogP contribution in [-0.2, 0) is 23.7 Å². The number of aryl methyl sites for hydroxylation is 1. The molecule has 220 valence electrons. The van der Waals surface area contributed by atoms with Gasteiger partial charge in [-0.05, 0) is 39.7 Å². The Kier molecular flexibility index (Phi) is 6.69. The summed E-state index contributed by atoms with van der Waals surface area (Å²) in [4.78, 5) is 27.4. The van der Waals surface area contributed by atoms with Crippen molar-refractivity contribution < 1.29 is 23.7 Å². The molecule has 4 aromatic rings. The van der Waals surface area contributed by atoms with Gasteiger partial charge in [-0.3, -0.25) is 9.36 Å². The first-order valence-electron chi connectivity index (χ1n) is 14.3. The summed E-state index contributed by atoms with van der Waals surface area (Å²) in [6.07, 6.45) is 3.49. The largest absolute Gasteiger partial charge is 0.379 e. The number of benzene rings is 1. The van der Waals surface area contributed by atoms with Crippen molar-refractivity contribution in [1.82, 2.24) is 34.6 Å². The highest BCUT2D eigenvalue weighted by Gasteiger charge is 2.58. The Morgan fingerprint density at radius 3 is 2.69 bits per heavy atom. The van der Waals surface area contributed by atoms with Crippen molar-refractivity contribution >= 4 is 22.9 Å². The minimum Gasteiger partial charge on any atom is -0.379 e. The van der Waals surface area contributed by atoms with Crippen LogP contribution < -0.4 is 10.6 Å². The van der Waals surface area contributed by atoms with Gasteiger partial charge in [0.05, 0.1) is 25.2 Å². The quantitative estimate of drug-likeness (QED) is 0.339. The smallest absolute Gasteiger partial charge is 0.254 e. The molecule has 0 spiro atoms. The van der Waals surface area contributed by atoms with E-state index in [0.717, 1.165) is 17.5 Å². The minimum atomic E-state index is -0.880. The summed E-state index contributed by atoms with van der Waals surface area (Å²) in [6.45, 7) is 9.32. The van der Waals surface area contributed by atoms with E-state index in [-0.39, 0.29) is 11.9 Å². The second-order valence-corrected chi connectivity index (χ2v) is 11.3. The van der Waals surface area contributed by atoms with Crippen LogP contribution in [0.25, 0.3) is 28.2 Å². The third-order valence-corrected chi connectivity index (χ3v) is 7.77. The third kappa shape index (κ3) is 4.81. The number of rotatable bonds is 7. The lowest BCUT2D eigenvalue weighted by Gasteiger charge is -2.24. The Morgan fingerprint density at radius 1 is 1.12 bits per heavy atom. The Bertz CT molecular complexity index is 1610. The van der Waals surface area contributed by atoms with Crippen LogP contribution in [0.2, 0.25) is 0 Å². The summed E-state index contributed by atoms with van der Waals surface area (Å²) in [7, 11) is 0. The zero-order chi connectivity index (χ0) is 29.0. The van der Waals surface area contributed by atoms with E-state index in [2.05, 4.69) is 51.9 Å². The fourth-order valence-corrected chi connectivity index (χ4v) is 5.75. The van der Waals surface area contributed by atoms with Crippen LogP contribution in [0, 0.1) is 6.92 Å². The van der Waals surface area contributed by atoms with Crippen molar-refractivity contribution in [2.45, 2.75) is 70.5 Å². The molecule has 42 heavy (non-hydrogen) atoms. The number of fused-ring (bicyclic) bond motifs is 2. The van der Waals surface area contributed by atoms with Crippen LogP contribution in [0.4, 0.5) is 5.82 Å². The van der Waals surface area contributed by atoms with Crippen LogP contribution in [0.3, 0.4) is 0 Å². The van der Waals surface area contributed by atoms with E-state index < -0.39 is 30.3 Å². The van der Waals surface area contributed by atoms with Gasteiger partial charge in [0.25, 0.3) is 11.9 Å². The van der Waals surface area contributed by atoms with Crippen molar-refractivity contribution in [2.75, 3.05) is 25.1 Å². The highest BCUT2D eigenvalue weighted by atomic mass is 16.8. The van der Waals surface area contributed by atoms with Gasteiger partial charge in [0.15, 0.2) is 35.1 Å². The average molecular weight is 575 g/mol. The Hall–Kier alpha value is -3.91. The minimum absolute atomic E-state index is 0.0865. The molecular formula is C29H34N8O5. The lowest BCUT2D eigenvalue weighted by atomic mass is 10.1. The third-order valence-electron chi connectivity index (χ3n) is 7.77. The molecule has 3 aromatic heterocycles. The first kappa shape index (κ1) is 27.0. The molecule has 3 aliphatic rings. The molecule has 1 amide bonds. The monoisotopic (exact) mass is 574 g/mol. The average Bonchev–Trinajstić information content (AvgIpc) is 3.78. The van der Waals surface area contributed by atoms with Gasteiger partial charge in [-0.25, -0.2) is 9.67 Å². The van der Waals surface area contributed by atoms with Crippen LogP contribution in [0.15, 0.2) is 43.0 Å². The van der Waals surface area contributed by atoms with Gasteiger partial charge in [0.2, 0.25) is 0 Å². The molecular weight excluding hydrogens is 540 g/mol. The van der Waals surface area contributed by atoms with Crippen molar-refractivity contribution in [3.63, 3.8) is 0 Å². The van der Waals surface area contributed by atoms with Gasteiger partial charge in [-0.2, -0.15) is 15.1 Å². The van der Waals surface area contributed by atoms with E-state index in [0.29, 0.717) is 42.7 Å². The summed E-state index contributed by atoms with van der Waals surface area (Å²) in [5.74, 6) is -0.201. The molecule has 2 N–H and O–H groups in total. The highest BCUT2D eigenvalue weighted by molar-refractivity contribution is 5.84. The van der Waals surface area contributed by atoms with E-state index >= 15 is 0 Å². The van der Waals surface area contributed by atoms with Gasteiger partial charge in [-0.1, -0.05) is 29.8 Å². The van der Waals surface area contributed by atoms with E-state index in [1.807, 2.05) is 27.0 Å². The maximum atomic E-state index is 12.9. The van der Waals surface area contributed by atoms with Crippen molar-refractivity contribution in [1.29, 1.82) is 0 Å². The summed E-state index contributed by atoms with van der Waals surface area (Å²) in [5, 5.41) is 10.9. The second kappa shape index (κ2) is 10.4. The summed E-state index contributed by atoms with van der Waals surface area (Å²) >= 11 is 0. The fourth-order valence-electron chi connectivity index (χ4n) is 5.75. The van der Waals surface area contributed by atoms with Gasteiger partial charge >= 0.3 is 0 Å². The molecule has 0 radical (unpaired) electrons. The standard InChI is InChI=1S/C29H34N8O5/c1-5-30-26(38)22-21-23(42-29(3,4)41-21)27(40-22)36-15-31-20-24(33-19-10-11-39-14-19)34-28(35-25(20)36)37-13-18(12-32-37)17-8-6-16(2)7-9-17/h6-9,12-13,15,19,21-23,27H,5,10-11,14H2,1-4H3,(H,30,38)(H,33,34,35)/t19?,21-,22+,23-,27-/m1/s1. The number of likely N-dealkylation sites (N-methyl/N-ethyl adjacent to an activating group) is 1. The van der Waals surface area contributed by atoms with Crippen LogP contribution in [0.5, 0.6) is 0 Å². The van der Waals surface area contributed by atoms with Gasteiger partial charge in [0.1, 0.15) is 12.2 Å². The number of ether oxygens (including phenoxy) is 4. The maximum absolute atomic E-state index is 12.9. The molecule has 13 heteroatoms. The fraction of sp³-hybridized carbons (Fsp3) is 0.483. The predicted molar refractivity (Wildman–Crippen MR) is 152 cm³/mol. The number of imidazole rings is 1. The topological polar surface area (TPSA) is 139 Å².